The lowest BCUT2D eigenvalue weighted by Gasteiger charge is -2.14. The second-order valence-corrected chi connectivity index (χ2v) is 6.90. The summed E-state index contributed by atoms with van der Waals surface area (Å²) in [6.07, 6.45) is 1.59. The molecule has 0 radical (unpaired) electrons. The van der Waals surface area contributed by atoms with Crippen molar-refractivity contribution in [2.24, 2.45) is 0 Å². The molecule has 1 heterocycles. The maximum Gasteiger partial charge on any atom is 0.290 e. The van der Waals surface area contributed by atoms with Gasteiger partial charge in [-0.3, -0.25) is 14.9 Å². The molecule has 0 spiro atoms. The summed E-state index contributed by atoms with van der Waals surface area (Å²) in [6, 6.07) is 9.49. The summed E-state index contributed by atoms with van der Waals surface area (Å²) in [4.78, 5) is 23.2. The highest BCUT2D eigenvalue weighted by Crippen LogP contribution is 2.33. The Kier molecular flexibility index (Phi) is 6.03. The minimum absolute atomic E-state index is 0.0568. The molecule has 8 heteroatoms. The van der Waals surface area contributed by atoms with Crippen LogP contribution < -0.4 is 14.8 Å². The molecule has 140 valence electrons. The van der Waals surface area contributed by atoms with E-state index in [0.29, 0.717) is 28.6 Å². The fraction of sp³-hybridized carbons (Fsp3) is 0.158. The molecule has 1 fully saturated rings. The lowest BCUT2D eigenvalue weighted by Crippen LogP contribution is -2.17. The Morgan fingerprint density at radius 1 is 1.19 bits per heavy atom. The van der Waals surface area contributed by atoms with Crippen LogP contribution in [0.4, 0.5) is 9.18 Å². The molecule has 0 atom stereocenters. The van der Waals surface area contributed by atoms with E-state index < -0.39 is 17.0 Å². The minimum atomic E-state index is -0.448. The number of amides is 2. The maximum absolute atomic E-state index is 13.9. The van der Waals surface area contributed by atoms with Crippen LogP contribution in [0.1, 0.15) is 18.1 Å². The average Bonchev–Trinajstić information content (AvgIpc) is 2.93. The molecule has 1 aliphatic rings. The largest absolute Gasteiger partial charge is 0.490 e. The van der Waals surface area contributed by atoms with Gasteiger partial charge in [0.15, 0.2) is 11.5 Å². The number of ether oxygens (including phenoxy) is 2. The monoisotopic (exact) mass is 407 g/mol. The zero-order valence-corrected chi connectivity index (χ0v) is 15.8. The third kappa shape index (κ3) is 4.61. The van der Waals surface area contributed by atoms with Crippen molar-refractivity contribution < 1.29 is 23.5 Å². The molecular weight excluding hydrogens is 393 g/mol. The van der Waals surface area contributed by atoms with Crippen LogP contribution in [0, 0.1) is 5.82 Å². The molecule has 27 heavy (non-hydrogen) atoms. The van der Waals surface area contributed by atoms with E-state index in [2.05, 4.69) is 5.32 Å². The van der Waals surface area contributed by atoms with Crippen LogP contribution in [0.5, 0.6) is 11.5 Å². The van der Waals surface area contributed by atoms with E-state index in [-0.39, 0.29) is 17.2 Å². The van der Waals surface area contributed by atoms with E-state index in [1.54, 1.807) is 30.3 Å². The van der Waals surface area contributed by atoms with Gasteiger partial charge in [-0.25, -0.2) is 4.39 Å². The first-order valence-electron chi connectivity index (χ1n) is 8.05. The Balaban J connectivity index is 1.83. The van der Waals surface area contributed by atoms with Gasteiger partial charge in [0.25, 0.3) is 11.1 Å². The summed E-state index contributed by atoms with van der Waals surface area (Å²) in [5.41, 5.74) is 0.924. The lowest BCUT2D eigenvalue weighted by molar-refractivity contribution is -0.115. The Morgan fingerprint density at radius 2 is 2.00 bits per heavy atom. The normalized spacial score (nSPS) is 15.1. The molecule has 5 nitrogen and oxygen atoms in total. The molecular formula is C19H15ClFNO4S. The van der Waals surface area contributed by atoms with Crippen LogP contribution in [0.2, 0.25) is 5.02 Å². The highest BCUT2D eigenvalue weighted by Gasteiger charge is 2.25. The molecule has 0 aromatic heterocycles. The number of hydrogen-bond donors (Lipinski definition) is 1. The van der Waals surface area contributed by atoms with Crippen molar-refractivity contribution in [1.82, 2.24) is 5.32 Å². The third-order valence-electron chi connectivity index (χ3n) is 3.64. The number of thioether (sulfide) groups is 1. The Morgan fingerprint density at radius 3 is 2.67 bits per heavy atom. The summed E-state index contributed by atoms with van der Waals surface area (Å²) < 4.78 is 25.2. The van der Waals surface area contributed by atoms with Crippen LogP contribution in [0.3, 0.4) is 0 Å². The average molecular weight is 408 g/mol. The second-order valence-electron chi connectivity index (χ2n) is 5.48. The standard InChI is InChI=1S/C19H15ClFNO4S/c1-2-25-16-8-11(9-17-18(23)22-19(24)27-17)6-7-15(16)26-10-12-13(20)4-3-5-14(12)21/h3-9H,2,10H2,1H3,(H,22,23,24)/b17-9-. The smallest absolute Gasteiger partial charge is 0.290 e. The number of carbonyl (C=O) groups excluding carboxylic acids is 2. The fourth-order valence-corrected chi connectivity index (χ4v) is 3.29. The number of rotatable bonds is 6. The molecule has 3 rings (SSSR count). The summed E-state index contributed by atoms with van der Waals surface area (Å²) in [5, 5.41) is 2.08. The Hall–Kier alpha value is -2.51. The van der Waals surface area contributed by atoms with Crippen LogP contribution in [-0.4, -0.2) is 17.8 Å². The van der Waals surface area contributed by atoms with E-state index in [1.165, 1.54) is 12.1 Å². The topological polar surface area (TPSA) is 64.6 Å². The van der Waals surface area contributed by atoms with Crippen molar-refractivity contribution in [2.75, 3.05) is 6.61 Å². The van der Waals surface area contributed by atoms with Crippen LogP contribution in [0.25, 0.3) is 6.08 Å². The molecule has 0 aliphatic carbocycles. The van der Waals surface area contributed by atoms with Crippen LogP contribution >= 0.6 is 23.4 Å². The van der Waals surface area contributed by atoms with Crippen molar-refractivity contribution in [1.29, 1.82) is 0 Å². The minimum Gasteiger partial charge on any atom is -0.490 e. The highest BCUT2D eigenvalue weighted by molar-refractivity contribution is 8.18. The summed E-state index contributed by atoms with van der Waals surface area (Å²) in [7, 11) is 0. The van der Waals surface area contributed by atoms with E-state index in [4.69, 9.17) is 21.1 Å². The molecule has 1 saturated heterocycles. The van der Waals surface area contributed by atoms with Crippen molar-refractivity contribution in [3.63, 3.8) is 0 Å². The van der Waals surface area contributed by atoms with Crippen molar-refractivity contribution in [3.05, 3.63) is 63.3 Å². The quantitative estimate of drug-likeness (QED) is 0.698. The maximum atomic E-state index is 13.9. The van der Waals surface area contributed by atoms with Crippen LogP contribution in [0.15, 0.2) is 41.3 Å². The molecule has 2 aromatic rings. The van der Waals surface area contributed by atoms with Gasteiger partial charge in [-0.2, -0.15) is 0 Å². The molecule has 0 bridgehead atoms. The second kappa shape index (κ2) is 8.45. The van der Waals surface area contributed by atoms with Gasteiger partial charge >= 0.3 is 0 Å². The van der Waals surface area contributed by atoms with Crippen molar-refractivity contribution >= 4 is 40.6 Å². The Bertz CT molecular complexity index is 912. The number of hydrogen-bond acceptors (Lipinski definition) is 5. The number of carbonyl (C=O) groups is 2. The molecule has 0 unspecified atom stereocenters. The zero-order valence-electron chi connectivity index (χ0n) is 14.3. The van der Waals surface area contributed by atoms with Gasteiger partial charge in [-0.05, 0) is 54.6 Å². The summed E-state index contributed by atoms with van der Waals surface area (Å²) in [6.45, 7) is 2.16. The molecule has 1 aliphatic heterocycles. The van der Waals surface area contributed by atoms with Crippen molar-refractivity contribution in [2.45, 2.75) is 13.5 Å². The van der Waals surface area contributed by atoms with Gasteiger partial charge in [0.1, 0.15) is 12.4 Å². The van der Waals surface area contributed by atoms with E-state index in [1.807, 2.05) is 6.92 Å². The summed E-state index contributed by atoms with van der Waals surface area (Å²) >= 11 is 6.85. The van der Waals surface area contributed by atoms with Gasteiger partial charge < -0.3 is 9.47 Å². The fourth-order valence-electron chi connectivity index (χ4n) is 2.39. The van der Waals surface area contributed by atoms with E-state index in [0.717, 1.165) is 11.8 Å². The zero-order chi connectivity index (χ0) is 19.4. The third-order valence-corrected chi connectivity index (χ3v) is 4.81. The van der Waals surface area contributed by atoms with E-state index in [9.17, 15) is 14.0 Å². The predicted molar refractivity (Wildman–Crippen MR) is 102 cm³/mol. The van der Waals surface area contributed by atoms with Crippen LogP contribution in [-0.2, 0) is 11.4 Å². The number of halogens is 2. The molecule has 2 amide bonds. The first-order valence-corrected chi connectivity index (χ1v) is 9.24. The number of imide groups is 1. The first-order chi connectivity index (χ1) is 13.0. The molecule has 1 N–H and O–H groups in total. The van der Waals surface area contributed by atoms with E-state index >= 15 is 0 Å². The first kappa shape index (κ1) is 19.3. The van der Waals surface area contributed by atoms with Gasteiger partial charge in [0.2, 0.25) is 0 Å². The SMILES string of the molecule is CCOc1cc(/C=C2\SC(=O)NC2=O)ccc1OCc1c(F)cccc1Cl. The highest BCUT2D eigenvalue weighted by atomic mass is 35.5. The number of nitrogens with one attached hydrogen (secondary N) is 1. The lowest BCUT2D eigenvalue weighted by atomic mass is 10.1. The molecule has 0 saturated carbocycles. The number of benzene rings is 2. The van der Waals surface area contributed by atoms with Gasteiger partial charge in [-0.1, -0.05) is 23.7 Å². The van der Waals surface area contributed by atoms with Gasteiger partial charge in [0.05, 0.1) is 16.5 Å². The summed E-state index contributed by atoms with van der Waals surface area (Å²) in [5.74, 6) is -0.0276. The molecule has 2 aromatic carbocycles. The van der Waals surface area contributed by atoms with Gasteiger partial charge in [0, 0.05) is 5.56 Å². The Labute approximate surface area is 164 Å². The predicted octanol–water partition coefficient (Wildman–Crippen LogP) is 4.78. The van der Waals surface area contributed by atoms with Crippen molar-refractivity contribution in [3.8, 4) is 11.5 Å². The van der Waals surface area contributed by atoms with Gasteiger partial charge in [-0.15, -0.1) is 0 Å².